The molecular formula is C30H48O10PS+. The van der Waals surface area contributed by atoms with Gasteiger partial charge in [-0.15, -0.1) is 0 Å². The van der Waals surface area contributed by atoms with Crippen LogP contribution in [-0.2, 0) is 14.9 Å². The van der Waals surface area contributed by atoms with Gasteiger partial charge in [0.15, 0.2) is 0 Å². The zero-order chi connectivity index (χ0) is 32.0. The van der Waals surface area contributed by atoms with Gasteiger partial charge in [-0.3, -0.25) is 4.55 Å². The first-order chi connectivity index (χ1) is 19.9. The van der Waals surface area contributed by atoms with Crippen molar-refractivity contribution in [3.63, 3.8) is 0 Å². The van der Waals surface area contributed by atoms with Crippen molar-refractivity contribution in [3.05, 3.63) is 59.7 Å². The van der Waals surface area contributed by atoms with Crippen molar-refractivity contribution in [2.24, 2.45) is 0 Å². The molecule has 0 atom stereocenters. The van der Waals surface area contributed by atoms with Crippen LogP contribution in [0.25, 0.3) is 0 Å². The highest BCUT2D eigenvalue weighted by Gasteiger charge is 2.37. The third kappa shape index (κ3) is 15.7. The average Bonchev–Trinajstić information content (AvgIpc) is 2.97. The largest absolute Gasteiger partial charge is 0.478 e. The number of unbranched alkanes of at least 4 members (excludes halogenated alkanes) is 3. The van der Waals surface area contributed by atoms with Crippen LogP contribution in [0, 0.1) is 0 Å². The molecule has 0 aromatic heterocycles. The molecule has 10 nitrogen and oxygen atoms in total. The molecular weight excluding hydrogens is 583 g/mol. The van der Waals surface area contributed by atoms with Crippen LogP contribution in [0.3, 0.4) is 0 Å². The van der Waals surface area contributed by atoms with Crippen LogP contribution in [0.15, 0.2) is 53.4 Å². The normalized spacial score (nSPS) is 11.1. The molecule has 2 rings (SSSR count). The van der Waals surface area contributed by atoms with Gasteiger partial charge in [-0.1, -0.05) is 58.2 Å². The molecule has 238 valence electrons. The fourth-order valence-electron chi connectivity index (χ4n) is 4.08. The van der Waals surface area contributed by atoms with Crippen LogP contribution in [-0.4, -0.2) is 90.2 Å². The van der Waals surface area contributed by atoms with Gasteiger partial charge >= 0.3 is 11.9 Å². The lowest BCUT2D eigenvalue weighted by Gasteiger charge is -2.27. The molecule has 42 heavy (non-hydrogen) atoms. The zero-order valence-electron chi connectivity index (χ0n) is 24.9. The molecule has 0 spiro atoms. The quantitative estimate of drug-likeness (QED) is 0.0901. The standard InChI is InChI=1S/C18H32P.C8H6O7S.C4H10O3/c1-4-7-15-19(16-8-5-2,17-9-6-3)18-13-11-10-12-14-18;9-7(10)4-1-5(8(11)12)3-6(2-4)16(13,14)15;5-1-3-7-4-2-6/h10-14H,4-9,15-17H2,1-3H3;1-3H,(H,9,10)(H,11,12)(H,13,14,15);5-6H,1-4H2/q+1;;. The van der Waals surface area contributed by atoms with Crippen molar-refractivity contribution in [2.45, 2.75) is 64.2 Å². The van der Waals surface area contributed by atoms with Gasteiger partial charge in [-0.05, 0) is 49.6 Å². The Kier molecular flexibility index (Phi) is 20.9. The minimum atomic E-state index is -4.64. The topological polar surface area (TPSA) is 179 Å². The number of hydrogen-bond donors (Lipinski definition) is 5. The highest BCUT2D eigenvalue weighted by Crippen LogP contribution is 2.59. The van der Waals surface area contributed by atoms with Crippen LogP contribution < -0.4 is 5.30 Å². The Morgan fingerprint density at radius 1 is 0.738 bits per heavy atom. The molecule has 0 unspecified atom stereocenters. The number of benzene rings is 2. The molecule has 2 aromatic carbocycles. The van der Waals surface area contributed by atoms with E-state index in [1.165, 1.54) is 57.0 Å². The molecule has 0 bridgehead atoms. The molecule has 0 aliphatic carbocycles. The number of aliphatic hydroxyl groups excluding tert-OH is 2. The van der Waals surface area contributed by atoms with E-state index >= 15 is 0 Å². The zero-order valence-corrected chi connectivity index (χ0v) is 26.7. The van der Waals surface area contributed by atoms with Crippen molar-refractivity contribution in [1.82, 2.24) is 0 Å². The summed E-state index contributed by atoms with van der Waals surface area (Å²) in [7, 11) is -5.54. The van der Waals surface area contributed by atoms with Gasteiger partial charge in [0.2, 0.25) is 0 Å². The second-order valence-electron chi connectivity index (χ2n) is 9.60. The average molecular weight is 632 g/mol. The highest BCUT2D eigenvalue weighted by molar-refractivity contribution is 7.85. The lowest BCUT2D eigenvalue weighted by molar-refractivity contribution is 0.0650. The van der Waals surface area contributed by atoms with Crippen LogP contribution in [0.4, 0.5) is 0 Å². The van der Waals surface area contributed by atoms with Crippen LogP contribution in [0.5, 0.6) is 0 Å². The van der Waals surface area contributed by atoms with Gasteiger partial charge in [0.1, 0.15) is 0 Å². The van der Waals surface area contributed by atoms with E-state index in [0.717, 1.165) is 6.07 Å². The summed E-state index contributed by atoms with van der Waals surface area (Å²) >= 11 is 0. The molecule has 0 saturated carbocycles. The fourth-order valence-corrected chi connectivity index (χ4v) is 9.64. The van der Waals surface area contributed by atoms with Crippen LogP contribution in [0.1, 0.15) is 80.0 Å². The molecule has 0 fully saturated rings. The maximum atomic E-state index is 10.8. The molecule has 2 aromatic rings. The first-order valence-electron chi connectivity index (χ1n) is 14.2. The predicted molar refractivity (Wildman–Crippen MR) is 167 cm³/mol. The van der Waals surface area contributed by atoms with Gasteiger partial charge < -0.3 is 25.2 Å². The molecule has 0 aliphatic rings. The molecule has 0 aliphatic heterocycles. The van der Waals surface area contributed by atoms with E-state index in [9.17, 15) is 18.0 Å². The van der Waals surface area contributed by atoms with E-state index in [1.54, 1.807) is 5.30 Å². The third-order valence-corrected chi connectivity index (χ3v) is 12.0. The molecule has 0 amide bonds. The smallest absolute Gasteiger partial charge is 0.335 e. The Morgan fingerprint density at radius 3 is 1.45 bits per heavy atom. The first kappa shape index (κ1) is 39.6. The lowest BCUT2D eigenvalue weighted by atomic mass is 10.1. The van der Waals surface area contributed by atoms with Crippen LogP contribution in [0.2, 0.25) is 0 Å². The number of hydrogen-bond acceptors (Lipinski definition) is 7. The van der Waals surface area contributed by atoms with Crippen molar-refractivity contribution in [3.8, 4) is 0 Å². The van der Waals surface area contributed by atoms with Gasteiger partial charge in [0.05, 0.1) is 66.2 Å². The van der Waals surface area contributed by atoms with Crippen molar-refractivity contribution < 1.29 is 47.7 Å². The highest BCUT2D eigenvalue weighted by atomic mass is 32.2. The molecule has 12 heteroatoms. The van der Waals surface area contributed by atoms with E-state index in [-0.39, 0.29) is 13.2 Å². The minimum absolute atomic E-state index is 0.0278. The lowest BCUT2D eigenvalue weighted by Crippen LogP contribution is -2.20. The Hall–Kier alpha value is -2.40. The summed E-state index contributed by atoms with van der Waals surface area (Å²) in [6, 6.07) is 13.6. The number of carbonyl (C=O) groups is 2. The molecule has 0 saturated heterocycles. The molecule has 5 N–H and O–H groups in total. The van der Waals surface area contributed by atoms with Gasteiger partial charge in [0, 0.05) is 7.26 Å². The summed E-state index contributed by atoms with van der Waals surface area (Å²) in [5, 5.41) is 35.1. The monoisotopic (exact) mass is 631 g/mol. The number of aromatic carboxylic acids is 2. The van der Waals surface area contributed by atoms with Crippen molar-refractivity contribution in [1.29, 1.82) is 0 Å². The Labute approximate surface area is 250 Å². The molecule has 0 radical (unpaired) electrons. The minimum Gasteiger partial charge on any atom is -0.478 e. The predicted octanol–water partition coefficient (Wildman–Crippen LogP) is 5.05. The van der Waals surface area contributed by atoms with Gasteiger partial charge in [-0.2, -0.15) is 8.42 Å². The first-order valence-corrected chi connectivity index (χ1v) is 18.0. The SMILES string of the molecule is CCCC[P+](CCCC)(CCCC)c1ccccc1.O=C(O)c1cc(C(=O)O)cc(S(=O)(=O)O)c1.OCCOCCO. The van der Waals surface area contributed by atoms with Crippen molar-refractivity contribution >= 4 is 34.6 Å². The number of carboxylic acid groups (broad SMARTS) is 2. The van der Waals surface area contributed by atoms with E-state index in [1.807, 2.05) is 0 Å². The van der Waals surface area contributed by atoms with E-state index in [4.69, 9.17) is 25.0 Å². The Morgan fingerprint density at radius 2 is 1.14 bits per heavy atom. The number of ether oxygens (including phenoxy) is 1. The van der Waals surface area contributed by atoms with E-state index in [0.29, 0.717) is 25.3 Å². The summed E-state index contributed by atoms with van der Waals surface area (Å²) in [6.07, 6.45) is 12.7. The maximum absolute atomic E-state index is 10.8. The fraction of sp³-hybridized carbons (Fsp3) is 0.533. The van der Waals surface area contributed by atoms with E-state index < -0.39 is 45.3 Å². The number of aliphatic hydroxyl groups is 2. The van der Waals surface area contributed by atoms with E-state index in [2.05, 4.69) is 55.8 Å². The van der Waals surface area contributed by atoms with Crippen molar-refractivity contribution in [2.75, 3.05) is 44.9 Å². The summed E-state index contributed by atoms with van der Waals surface area (Å²) in [6.45, 7) is 7.69. The molecule has 0 heterocycles. The van der Waals surface area contributed by atoms with Gasteiger partial charge in [0.25, 0.3) is 10.1 Å². The number of carboxylic acids is 2. The summed E-state index contributed by atoms with van der Waals surface area (Å²) in [5.74, 6) is -2.99. The summed E-state index contributed by atoms with van der Waals surface area (Å²) < 4.78 is 34.8. The third-order valence-electron chi connectivity index (χ3n) is 6.29. The van der Waals surface area contributed by atoms with Crippen LogP contribution >= 0.6 is 7.26 Å². The second kappa shape index (κ2) is 22.2. The number of rotatable bonds is 17. The summed E-state index contributed by atoms with van der Waals surface area (Å²) in [5.41, 5.74) is -1.07. The maximum Gasteiger partial charge on any atom is 0.335 e. The Bertz CT molecular complexity index is 1080. The Balaban J connectivity index is 0.000000661. The summed E-state index contributed by atoms with van der Waals surface area (Å²) in [4.78, 5) is 20.4. The van der Waals surface area contributed by atoms with Gasteiger partial charge in [-0.25, -0.2) is 9.59 Å². The second-order valence-corrected chi connectivity index (χ2v) is 15.2.